The van der Waals surface area contributed by atoms with Gasteiger partial charge in [0.2, 0.25) is 0 Å². The summed E-state index contributed by atoms with van der Waals surface area (Å²) in [7, 11) is 0. The number of hydrazine groups is 1. The van der Waals surface area contributed by atoms with Crippen molar-refractivity contribution >= 4 is 23.3 Å². The summed E-state index contributed by atoms with van der Waals surface area (Å²) in [4.78, 5) is 32.8. The fraction of sp³-hybridized carbons (Fsp3) is 0.333. The minimum absolute atomic E-state index is 0.109. The Balaban J connectivity index is 2.08. The third-order valence-corrected chi connectivity index (χ3v) is 2.86. The highest BCUT2D eigenvalue weighted by Gasteiger charge is 2.31. The van der Waals surface area contributed by atoms with Gasteiger partial charge in [-0.05, 0) is 6.07 Å². The second-order valence-electron chi connectivity index (χ2n) is 4.37. The van der Waals surface area contributed by atoms with Gasteiger partial charge in [0.1, 0.15) is 6.10 Å². The van der Waals surface area contributed by atoms with Crippen LogP contribution in [0.25, 0.3) is 0 Å². The molecular formula is C12H13N3O6. The maximum Gasteiger partial charge on any atom is 0.306 e. The smallest absolute Gasteiger partial charge is 0.306 e. The molecule has 1 aromatic rings. The quantitative estimate of drug-likeness (QED) is 0.603. The van der Waals surface area contributed by atoms with Crippen LogP contribution in [-0.4, -0.2) is 46.2 Å². The summed E-state index contributed by atoms with van der Waals surface area (Å²) in [6.45, 7) is 0.406. The number of carbonyl (C=O) groups excluding carboxylic acids is 1. The Morgan fingerprint density at radius 3 is 3.00 bits per heavy atom. The van der Waals surface area contributed by atoms with Gasteiger partial charge in [-0.25, -0.2) is 0 Å². The highest BCUT2D eigenvalue weighted by molar-refractivity contribution is 5.86. The molecule has 1 aromatic carbocycles. The molecule has 21 heavy (non-hydrogen) atoms. The van der Waals surface area contributed by atoms with Crippen molar-refractivity contribution in [1.82, 2.24) is 5.01 Å². The van der Waals surface area contributed by atoms with Crippen molar-refractivity contribution in [3.05, 3.63) is 34.4 Å². The standard InChI is InChI=1S/C12H13N3O6/c16-11(17)7-10-12(18)14(4-5-21-10)13-8-2-1-3-9(6-8)15(19)20/h1-3,6,10,13H,4-5,7H2,(H,16,17). The summed E-state index contributed by atoms with van der Waals surface area (Å²) >= 11 is 0. The molecule has 2 N–H and O–H groups in total. The number of anilines is 1. The van der Waals surface area contributed by atoms with E-state index >= 15 is 0 Å². The van der Waals surface area contributed by atoms with Gasteiger partial charge in [0.25, 0.3) is 11.6 Å². The Bertz CT molecular complexity index is 576. The van der Waals surface area contributed by atoms with Crippen LogP contribution in [0.15, 0.2) is 24.3 Å². The normalized spacial score (nSPS) is 18.4. The molecule has 0 aliphatic carbocycles. The van der Waals surface area contributed by atoms with Crippen molar-refractivity contribution in [1.29, 1.82) is 0 Å². The number of amides is 1. The number of aliphatic carboxylic acids is 1. The fourth-order valence-electron chi connectivity index (χ4n) is 1.90. The Labute approximate surface area is 119 Å². The number of non-ortho nitro benzene ring substituents is 1. The van der Waals surface area contributed by atoms with Crippen LogP contribution >= 0.6 is 0 Å². The highest BCUT2D eigenvalue weighted by Crippen LogP contribution is 2.19. The molecule has 0 radical (unpaired) electrons. The molecule has 1 aliphatic heterocycles. The number of hydrogen-bond donors (Lipinski definition) is 2. The number of carboxylic acid groups (broad SMARTS) is 1. The van der Waals surface area contributed by atoms with Crippen LogP contribution in [0.4, 0.5) is 11.4 Å². The van der Waals surface area contributed by atoms with E-state index in [9.17, 15) is 19.7 Å². The van der Waals surface area contributed by atoms with Gasteiger partial charge in [0, 0.05) is 12.1 Å². The van der Waals surface area contributed by atoms with Gasteiger partial charge < -0.3 is 9.84 Å². The predicted molar refractivity (Wildman–Crippen MR) is 70.4 cm³/mol. The third-order valence-electron chi connectivity index (χ3n) is 2.86. The largest absolute Gasteiger partial charge is 0.481 e. The lowest BCUT2D eigenvalue weighted by molar-refractivity contribution is -0.384. The first-order valence-electron chi connectivity index (χ1n) is 6.13. The van der Waals surface area contributed by atoms with E-state index in [2.05, 4.69) is 5.43 Å². The van der Waals surface area contributed by atoms with E-state index in [0.29, 0.717) is 5.69 Å². The van der Waals surface area contributed by atoms with Crippen molar-refractivity contribution < 1.29 is 24.4 Å². The van der Waals surface area contributed by atoms with Gasteiger partial charge in [-0.2, -0.15) is 0 Å². The average molecular weight is 295 g/mol. The zero-order valence-corrected chi connectivity index (χ0v) is 10.9. The van der Waals surface area contributed by atoms with Crippen LogP contribution < -0.4 is 5.43 Å². The van der Waals surface area contributed by atoms with E-state index in [1.807, 2.05) is 0 Å². The zero-order valence-electron chi connectivity index (χ0n) is 10.9. The van der Waals surface area contributed by atoms with Crippen molar-refractivity contribution in [3.63, 3.8) is 0 Å². The van der Waals surface area contributed by atoms with E-state index in [1.54, 1.807) is 6.07 Å². The van der Waals surface area contributed by atoms with Crippen LogP contribution in [0, 0.1) is 10.1 Å². The lowest BCUT2D eigenvalue weighted by Crippen LogP contribution is -2.50. The SMILES string of the molecule is O=C(O)CC1OCCN(Nc2cccc([N+](=O)[O-])c2)C1=O. The first-order valence-corrected chi connectivity index (χ1v) is 6.13. The van der Waals surface area contributed by atoms with Crippen LogP contribution in [0.3, 0.4) is 0 Å². The molecule has 9 nitrogen and oxygen atoms in total. The van der Waals surface area contributed by atoms with Crippen molar-refractivity contribution in [2.24, 2.45) is 0 Å². The molecular weight excluding hydrogens is 282 g/mol. The third kappa shape index (κ3) is 3.66. The second-order valence-corrected chi connectivity index (χ2v) is 4.37. The van der Waals surface area contributed by atoms with Gasteiger partial charge in [0.15, 0.2) is 0 Å². The Hall–Kier alpha value is -2.68. The Kier molecular flexibility index (Phi) is 4.33. The summed E-state index contributed by atoms with van der Waals surface area (Å²) < 4.78 is 5.11. The van der Waals surface area contributed by atoms with E-state index < -0.39 is 29.3 Å². The molecule has 2 rings (SSSR count). The first kappa shape index (κ1) is 14.7. The molecule has 0 spiro atoms. The maximum absolute atomic E-state index is 12.0. The van der Waals surface area contributed by atoms with Crippen molar-refractivity contribution in [2.75, 3.05) is 18.6 Å². The molecule has 1 fully saturated rings. The monoisotopic (exact) mass is 295 g/mol. The Morgan fingerprint density at radius 1 is 1.57 bits per heavy atom. The van der Waals surface area contributed by atoms with E-state index in [0.717, 1.165) is 0 Å². The second kappa shape index (κ2) is 6.18. The molecule has 9 heteroatoms. The molecule has 1 unspecified atom stereocenters. The molecule has 1 atom stereocenters. The van der Waals surface area contributed by atoms with Crippen LogP contribution in [0.1, 0.15) is 6.42 Å². The number of ether oxygens (including phenoxy) is 1. The summed E-state index contributed by atoms with van der Waals surface area (Å²) in [5.74, 6) is -1.65. The number of nitrogens with one attached hydrogen (secondary N) is 1. The minimum atomic E-state index is -1.13. The summed E-state index contributed by atoms with van der Waals surface area (Å²) in [5, 5.41) is 20.6. The molecule has 1 heterocycles. The lowest BCUT2D eigenvalue weighted by Gasteiger charge is -2.32. The fourth-order valence-corrected chi connectivity index (χ4v) is 1.90. The zero-order chi connectivity index (χ0) is 15.4. The van der Waals surface area contributed by atoms with Gasteiger partial charge in [-0.3, -0.25) is 30.1 Å². The maximum atomic E-state index is 12.0. The molecule has 0 aromatic heterocycles. The topological polar surface area (TPSA) is 122 Å². The average Bonchev–Trinajstić information content (AvgIpc) is 2.43. The molecule has 0 bridgehead atoms. The highest BCUT2D eigenvalue weighted by atomic mass is 16.6. The number of carbonyl (C=O) groups is 2. The first-order chi connectivity index (χ1) is 9.97. The van der Waals surface area contributed by atoms with Crippen LogP contribution in [-0.2, 0) is 14.3 Å². The van der Waals surface area contributed by atoms with Crippen molar-refractivity contribution in [2.45, 2.75) is 12.5 Å². The number of nitrogens with zero attached hydrogens (tertiary/aromatic N) is 2. The minimum Gasteiger partial charge on any atom is -0.481 e. The number of hydrogen-bond acceptors (Lipinski definition) is 6. The van der Waals surface area contributed by atoms with Gasteiger partial charge >= 0.3 is 5.97 Å². The van der Waals surface area contributed by atoms with E-state index in [-0.39, 0.29) is 18.8 Å². The van der Waals surface area contributed by atoms with Gasteiger partial charge in [0.05, 0.1) is 30.2 Å². The summed E-state index contributed by atoms with van der Waals surface area (Å²) in [5.41, 5.74) is 3.00. The number of carboxylic acids is 1. The number of benzene rings is 1. The number of nitro benzene ring substituents is 1. The molecule has 1 saturated heterocycles. The predicted octanol–water partition coefficient (Wildman–Crippen LogP) is 0.624. The molecule has 112 valence electrons. The number of nitro groups is 1. The molecule has 1 amide bonds. The van der Waals surface area contributed by atoms with Gasteiger partial charge in [-0.15, -0.1) is 0 Å². The van der Waals surface area contributed by atoms with Gasteiger partial charge in [-0.1, -0.05) is 6.07 Å². The summed E-state index contributed by atoms with van der Waals surface area (Å²) in [6, 6.07) is 5.68. The van der Waals surface area contributed by atoms with E-state index in [1.165, 1.54) is 23.2 Å². The number of rotatable bonds is 5. The van der Waals surface area contributed by atoms with E-state index in [4.69, 9.17) is 9.84 Å². The van der Waals surface area contributed by atoms with Crippen LogP contribution in [0.2, 0.25) is 0 Å². The van der Waals surface area contributed by atoms with Crippen LogP contribution in [0.5, 0.6) is 0 Å². The molecule has 0 saturated carbocycles. The summed E-state index contributed by atoms with van der Waals surface area (Å²) in [6.07, 6.45) is -1.48. The Morgan fingerprint density at radius 2 is 2.33 bits per heavy atom. The lowest BCUT2D eigenvalue weighted by atomic mass is 10.2. The van der Waals surface area contributed by atoms with Crippen molar-refractivity contribution in [3.8, 4) is 0 Å². The molecule has 1 aliphatic rings. The number of morpholine rings is 1.